The Balaban J connectivity index is 1.83. The largest absolute Gasteiger partial charge is 0.379 e. The fourth-order valence-corrected chi connectivity index (χ4v) is 1.78. The molecule has 0 aliphatic carbocycles. The molecule has 0 aromatic rings. The molecule has 1 atom stereocenters. The van der Waals surface area contributed by atoms with Crippen molar-refractivity contribution in [2.24, 2.45) is 0 Å². The lowest BCUT2D eigenvalue weighted by Crippen LogP contribution is -2.36. The molecular weight excluding hydrogens is 204 g/mol. The average molecular weight is 228 g/mol. The zero-order valence-electron chi connectivity index (χ0n) is 10.4. The first-order chi connectivity index (χ1) is 7.68. The van der Waals surface area contributed by atoms with E-state index >= 15 is 0 Å². The molecule has 1 saturated heterocycles. The van der Waals surface area contributed by atoms with Crippen molar-refractivity contribution in [3.8, 4) is 0 Å². The van der Waals surface area contributed by atoms with Gasteiger partial charge in [-0.25, -0.2) is 0 Å². The lowest BCUT2D eigenvalue weighted by Gasteiger charge is -2.11. The minimum atomic E-state index is 0.192. The number of amides is 1. The van der Waals surface area contributed by atoms with Crippen LogP contribution in [0.3, 0.4) is 0 Å². The van der Waals surface area contributed by atoms with Crippen molar-refractivity contribution in [3.05, 3.63) is 0 Å². The number of rotatable bonds is 8. The number of unbranched alkanes of at least 4 members (excludes halogenated alkanes) is 1. The van der Waals surface area contributed by atoms with Crippen LogP contribution in [0.5, 0.6) is 0 Å². The third-order valence-corrected chi connectivity index (χ3v) is 2.67. The Morgan fingerprint density at radius 2 is 2.31 bits per heavy atom. The molecule has 1 aliphatic rings. The molecule has 0 aromatic heterocycles. The van der Waals surface area contributed by atoms with E-state index in [0.717, 1.165) is 39.0 Å². The molecule has 0 saturated carbocycles. The summed E-state index contributed by atoms with van der Waals surface area (Å²) in [5.41, 5.74) is 0. The Hall–Kier alpha value is -0.610. The fraction of sp³-hybridized carbons (Fsp3) is 0.917. The molecule has 4 nitrogen and oxygen atoms in total. The maximum Gasteiger partial charge on any atom is 0.220 e. The Morgan fingerprint density at radius 3 is 2.94 bits per heavy atom. The minimum absolute atomic E-state index is 0.192. The molecule has 0 spiro atoms. The Kier molecular flexibility index (Phi) is 6.42. The number of ether oxygens (including phenoxy) is 1. The summed E-state index contributed by atoms with van der Waals surface area (Å²) in [5.74, 6) is 0.192. The van der Waals surface area contributed by atoms with Crippen molar-refractivity contribution < 1.29 is 9.53 Å². The van der Waals surface area contributed by atoms with Crippen LogP contribution in [0.1, 0.15) is 39.5 Å². The van der Waals surface area contributed by atoms with Crippen LogP contribution in [0.15, 0.2) is 0 Å². The molecule has 0 aromatic carbocycles. The average Bonchev–Trinajstić information content (AvgIpc) is 2.62. The molecule has 1 unspecified atom stereocenters. The third kappa shape index (κ3) is 6.08. The first-order valence-electron chi connectivity index (χ1n) is 6.30. The van der Waals surface area contributed by atoms with Crippen LogP contribution in [0, 0.1) is 0 Å². The second-order valence-electron chi connectivity index (χ2n) is 4.63. The molecule has 16 heavy (non-hydrogen) atoms. The predicted molar refractivity (Wildman–Crippen MR) is 64.4 cm³/mol. The molecule has 94 valence electrons. The van der Waals surface area contributed by atoms with Crippen molar-refractivity contribution in [1.29, 1.82) is 0 Å². The molecule has 0 bridgehead atoms. The van der Waals surface area contributed by atoms with Gasteiger partial charge in [0.25, 0.3) is 0 Å². The van der Waals surface area contributed by atoms with Crippen molar-refractivity contribution in [2.45, 2.75) is 51.7 Å². The number of hydrogen-bond acceptors (Lipinski definition) is 3. The summed E-state index contributed by atoms with van der Waals surface area (Å²) in [6.45, 7) is 6.87. The molecule has 1 fully saturated rings. The van der Waals surface area contributed by atoms with Gasteiger partial charge in [0.05, 0.1) is 6.10 Å². The van der Waals surface area contributed by atoms with Gasteiger partial charge < -0.3 is 15.4 Å². The summed E-state index contributed by atoms with van der Waals surface area (Å²) in [6, 6.07) is 0.347. The van der Waals surface area contributed by atoms with E-state index in [1.54, 1.807) is 0 Å². The van der Waals surface area contributed by atoms with E-state index in [0.29, 0.717) is 18.6 Å². The topological polar surface area (TPSA) is 50.4 Å². The summed E-state index contributed by atoms with van der Waals surface area (Å²) >= 11 is 0. The van der Waals surface area contributed by atoms with Crippen molar-refractivity contribution >= 4 is 5.91 Å². The van der Waals surface area contributed by atoms with E-state index in [1.165, 1.54) is 0 Å². The van der Waals surface area contributed by atoms with Gasteiger partial charge in [0.1, 0.15) is 0 Å². The van der Waals surface area contributed by atoms with Crippen LogP contribution in [-0.4, -0.2) is 37.7 Å². The van der Waals surface area contributed by atoms with Gasteiger partial charge in [-0.3, -0.25) is 4.79 Å². The first-order valence-corrected chi connectivity index (χ1v) is 6.30. The van der Waals surface area contributed by atoms with Gasteiger partial charge in [-0.15, -0.1) is 0 Å². The Morgan fingerprint density at radius 1 is 1.50 bits per heavy atom. The Bertz CT molecular complexity index is 207. The summed E-state index contributed by atoms with van der Waals surface area (Å²) in [7, 11) is 0. The van der Waals surface area contributed by atoms with Crippen molar-refractivity contribution in [2.75, 3.05) is 19.7 Å². The van der Waals surface area contributed by atoms with Crippen LogP contribution in [0.4, 0.5) is 0 Å². The number of carbonyl (C=O) groups excluding carboxylic acids is 1. The first kappa shape index (κ1) is 13.5. The van der Waals surface area contributed by atoms with E-state index in [9.17, 15) is 4.79 Å². The predicted octanol–water partition coefficient (Wildman–Crippen LogP) is 1.06. The molecular formula is C12H24N2O2. The molecule has 0 radical (unpaired) electrons. The van der Waals surface area contributed by atoms with E-state index < -0.39 is 0 Å². The summed E-state index contributed by atoms with van der Waals surface area (Å²) in [6.07, 6.45) is 4.23. The van der Waals surface area contributed by atoms with Gasteiger partial charge in [-0.1, -0.05) is 0 Å². The highest BCUT2D eigenvalue weighted by Gasteiger charge is 2.19. The summed E-state index contributed by atoms with van der Waals surface area (Å²) in [4.78, 5) is 10.9. The monoisotopic (exact) mass is 228 g/mol. The molecule has 1 rings (SSSR count). The molecule has 2 N–H and O–H groups in total. The van der Waals surface area contributed by atoms with E-state index in [-0.39, 0.29) is 5.91 Å². The lowest BCUT2D eigenvalue weighted by atomic mass is 10.2. The zero-order valence-corrected chi connectivity index (χ0v) is 10.4. The maximum atomic E-state index is 10.9. The van der Waals surface area contributed by atoms with Gasteiger partial charge >= 0.3 is 0 Å². The highest BCUT2D eigenvalue weighted by atomic mass is 16.5. The highest BCUT2D eigenvalue weighted by molar-refractivity contribution is 5.78. The number of hydrogen-bond donors (Lipinski definition) is 2. The summed E-state index contributed by atoms with van der Waals surface area (Å²) < 4.78 is 5.45. The fourth-order valence-electron chi connectivity index (χ4n) is 1.78. The smallest absolute Gasteiger partial charge is 0.220 e. The van der Waals surface area contributed by atoms with E-state index in [4.69, 9.17) is 4.74 Å². The standard InChI is InChI=1S/C12H24N2O2/c1-10(2)16-8-4-3-7-13-9-11-5-6-12(15)14-11/h10-11,13H,3-9H2,1-2H3,(H,14,15). The molecule has 4 heteroatoms. The Labute approximate surface area is 98.1 Å². The maximum absolute atomic E-state index is 10.9. The van der Waals surface area contributed by atoms with Crippen LogP contribution < -0.4 is 10.6 Å². The van der Waals surface area contributed by atoms with Gasteiger partial charge in [-0.2, -0.15) is 0 Å². The SMILES string of the molecule is CC(C)OCCCCNCC1CCC(=O)N1. The van der Waals surface area contributed by atoms with Gasteiger partial charge in [-0.05, 0) is 39.7 Å². The van der Waals surface area contributed by atoms with Crippen LogP contribution >= 0.6 is 0 Å². The van der Waals surface area contributed by atoms with E-state index in [1.807, 2.05) is 0 Å². The van der Waals surface area contributed by atoms with Gasteiger partial charge in [0.2, 0.25) is 5.91 Å². The minimum Gasteiger partial charge on any atom is -0.379 e. The highest BCUT2D eigenvalue weighted by Crippen LogP contribution is 2.04. The summed E-state index contributed by atoms with van der Waals surface area (Å²) in [5, 5.41) is 6.31. The van der Waals surface area contributed by atoms with E-state index in [2.05, 4.69) is 24.5 Å². The van der Waals surface area contributed by atoms with Crippen molar-refractivity contribution in [1.82, 2.24) is 10.6 Å². The van der Waals surface area contributed by atoms with Gasteiger partial charge in [0.15, 0.2) is 0 Å². The normalized spacial score (nSPS) is 20.4. The molecule has 1 amide bonds. The number of carbonyl (C=O) groups is 1. The zero-order chi connectivity index (χ0) is 11.8. The lowest BCUT2D eigenvalue weighted by molar-refractivity contribution is -0.119. The molecule has 1 aliphatic heterocycles. The molecule has 1 heterocycles. The second-order valence-corrected chi connectivity index (χ2v) is 4.63. The van der Waals surface area contributed by atoms with Crippen LogP contribution in [0.2, 0.25) is 0 Å². The van der Waals surface area contributed by atoms with Crippen molar-refractivity contribution in [3.63, 3.8) is 0 Å². The van der Waals surface area contributed by atoms with Gasteiger partial charge in [0, 0.05) is 25.6 Å². The van der Waals surface area contributed by atoms with Crippen LogP contribution in [0.25, 0.3) is 0 Å². The quantitative estimate of drug-likeness (QED) is 0.611. The van der Waals surface area contributed by atoms with Crippen LogP contribution in [-0.2, 0) is 9.53 Å². The second kappa shape index (κ2) is 7.63. The third-order valence-electron chi connectivity index (χ3n) is 2.67. The number of nitrogens with one attached hydrogen (secondary N) is 2.